The summed E-state index contributed by atoms with van der Waals surface area (Å²) in [6, 6.07) is 4.23. The fraction of sp³-hybridized carbons (Fsp3) is 0.471. The normalized spacial score (nSPS) is 18.5. The highest BCUT2D eigenvalue weighted by Crippen LogP contribution is 2.21. The summed E-state index contributed by atoms with van der Waals surface area (Å²) in [4.78, 5) is 18.7. The van der Waals surface area contributed by atoms with Crippen LogP contribution in [0.25, 0.3) is 0 Å². The van der Waals surface area contributed by atoms with Crippen LogP contribution in [0, 0.1) is 13.8 Å². The second-order valence-electron chi connectivity index (χ2n) is 6.12. The van der Waals surface area contributed by atoms with Gasteiger partial charge in [-0.1, -0.05) is 6.07 Å². The number of hydrogen-bond donors (Lipinski definition) is 0. The quantitative estimate of drug-likeness (QED) is 0.873. The number of rotatable bonds is 3. The summed E-state index contributed by atoms with van der Waals surface area (Å²) in [6.45, 7) is 5.58. The van der Waals surface area contributed by atoms with Crippen LogP contribution in [0.1, 0.15) is 35.7 Å². The maximum atomic E-state index is 12.5. The van der Waals surface area contributed by atoms with Crippen LogP contribution in [0.4, 0.5) is 0 Å². The first-order valence-electron chi connectivity index (χ1n) is 7.82. The molecule has 1 amide bonds. The molecule has 0 aliphatic carbocycles. The Bertz CT molecular complexity index is 647. The largest absolute Gasteiger partial charge is 0.340 e. The molecule has 3 heterocycles. The molecule has 5 heteroatoms. The third-order valence-corrected chi connectivity index (χ3v) is 4.18. The number of pyridine rings is 1. The van der Waals surface area contributed by atoms with Crippen molar-refractivity contribution < 1.29 is 4.79 Å². The Morgan fingerprint density at radius 3 is 2.86 bits per heavy atom. The topological polar surface area (TPSA) is 51.0 Å². The van der Waals surface area contributed by atoms with Crippen LogP contribution in [-0.4, -0.2) is 38.7 Å². The molecule has 0 N–H and O–H groups in total. The summed E-state index contributed by atoms with van der Waals surface area (Å²) < 4.78 is 2.00. The number of nitrogens with zero attached hydrogens (tertiary/aromatic N) is 4. The van der Waals surface area contributed by atoms with Crippen molar-refractivity contribution in [2.75, 3.05) is 13.1 Å². The lowest BCUT2D eigenvalue weighted by molar-refractivity contribution is -0.132. The van der Waals surface area contributed by atoms with Gasteiger partial charge in [0.05, 0.1) is 18.7 Å². The summed E-state index contributed by atoms with van der Waals surface area (Å²) in [7, 11) is 0. The third kappa shape index (κ3) is 3.35. The molecule has 0 spiro atoms. The Hall–Kier alpha value is -2.17. The number of hydrogen-bond acceptors (Lipinski definition) is 3. The van der Waals surface area contributed by atoms with Gasteiger partial charge in [-0.05, 0) is 43.9 Å². The number of carbonyl (C=O) groups excluding carboxylic acids is 1. The molecule has 0 saturated carbocycles. The highest BCUT2D eigenvalue weighted by atomic mass is 16.2. The minimum absolute atomic E-state index is 0.180. The molecule has 0 radical (unpaired) electrons. The van der Waals surface area contributed by atoms with E-state index in [0.29, 0.717) is 12.5 Å². The van der Waals surface area contributed by atoms with Crippen molar-refractivity contribution in [3.63, 3.8) is 0 Å². The maximum Gasteiger partial charge on any atom is 0.227 e. The van der Waals surface area contributed by atoms with E-state index in [2.05, 4.69) is 16.3 Å². The fourth-order valence-electron chi connectivity index (χ4n) is 2.92. The number of aryl methyl sites for hydroxylation is 2. The van der Waals surface area contributed by atoms with Crippen LogP contribution < -0.4 is 0 Å². The molecule has 5 nitrogen and oxygen atoms in total. The Labute approximate surface area is 131 Å². The SMILES string of the molecule is Cc1cnn(C2CCCN(C(=O)Cc3ccc(C)nc3)C2)c1. The minimum Gasteiger partial charge on any atom is -0.340 e. The molecule has 3 rings (SSSR count). The molecule has 2 aromatic rings. The summed E-state index contributed by atoms with van der Waals surface area (Å²) >= 11 is 0. The minimum atomic E-state index is 0.180. The highest BCUT2D eigenvalue weighted by Gasteiger charge is 2.25. The van der Waals surface area contributed by atoms with E-state index < -0.39 is 0 Å². The highest BCUT2D eigenvalue weighted by molar-refractivity contribution is 5.78. The van der Waals surface area contributed by atoms with Gasteiger partial charge in [-0.3, -0.25) is 14.5 Å². The summed E-state index contributed by atoms with van der Waals surface area (Å²) in [5.41, 5.74) is 3.12. The van der Waals surface area contributed by atoms with Crippen molar-refractivity contribution in [2.45, 2.75) is 39.2 Å². The van der Waals surface area contributed by atoms with Crippen molar-refractivity contribution in [2.24, 2.45) is 0 Å². The van der Waals surface area contributed by atoms with E-state index >= 15 is 0 Å². The molecule has 22 heavy (non-hydrogen) atoms. The number of likely N-dealkylation sites (tertiary alicyclic amines) is 1. The maximum absolute atomic E-state index is 12.5. The lowest BCUT2D eigenvalue weighted by Gasteiger charge is -2.33. The van der Waals surface area contributed by atoms with Crippen LogP contribution in [0.15, 0.2) is 30.7 Å². The monoisotopic (exact) mass is 298 g/mol. The summed E-state index contributed by atoms with van der Waals surface area (Å²) in [5.74, 6) is 0.180. The van der Waals surface area contributed by atoms with Gasteiger partial charge in [-0.25, -0.2) is 0 Å². The first-order valence-corrected chi connectivity index (χ1v) is 7.82. The van der Waals surface area contributed by atoms with E-state index in [9.17, 15) is 4.79 Å². The average molecular weight is 298 g/mol. The molecule has 2 aromatic heterocycles. The Morgan fingerprint density at radius 1 is 1.32 bits per heavy atom. The molecule has 1 unspecified atom stereocenters. The van der Waals surface area contributed by atoms with E-state index in [1.807, 2.05) is 41.8 Å². The first-order chi connectivity index (χ1) is 10.6. The van der Waals surface area contributed by atoms with Gasteiger partial charge in [0.25, 0.3) is 0 Å². The van der Waals surface area contributed by atoms with Crippen LogP contribution in [0.5, 0.6) is 0 Å². The second kappa shape index (κ2) is 6.30. The molecule has 1 aliphatic rings. The van der Waals surface area contributed by atoms with Crippen molar-refractivity contribution in [1.82, 2.24) is 19.7 Å². The Morgan fingerprint density at radius 2 is 2.18 bits per heavy atom. The average Bonchev–Trinajstić information content (AvgIpc) is 2.96. The molecule has 1 aliphatic heterocycles. The van der Waals surface area contributed by atoms with Gasteiger partial charge in [0.1, 0.15) is 0 Å². The summed E-state index contributed by atoms with van der Waals surface area (Å²) in [5, 5.41) is 4.40. The van der Waals surface area contributed by atoms with Gasteiger partial charge in [0.2, 0.25) is 5.91 Å². The zero-order valence-electron chi connectivity index (χ0n) is 13.2. The van der Waals surface area contributed by atoms with E-state index in [1.54, 1.807) is 6.20 Å². The molecule has 0 aromatic carbocycles. The molecule has 1 fully saturated rings. The zero-order valence-corrected chi connectivity index (χ0v) is 13.2. The standard InChI is InChI=1S/C17H22N4O/c1-13-9-19-21(11-13)16-4-3-7-20(12-16)17(22)8-15-6-5-14(2)18-10-15/h5-6,9-11,16H,3-4,7-8,12H2,1-2H3. The van der Waals surface area contributed by atoms with Gasteiger partial charge in [0.15, 0.2) is 0 Å². The third-order valence-electron chi connectivity index (χ3n) is 4.18. The first kappa shape index (κ1) is 14.8. The molecular weight excluding hydrogens is 276 g/mol. The number of amides is 1. The van der Waals surface area contributed by atoms with E-state index in [4.69, 9.17) is 0 Å². The Balaban J connectivity index is 1.63. The van der Waals surface area contributed by atoms with Crippen LogP contribution in [0.2, 0.25) is 0 Å². The van der Waals surface area contributed by atoms with E-state index in [-0.39, 0.29) is 5.91 Å². The van der Waals surface area contributed by atoms with Gasteiger partial charge < -0.3 is 4.90 Å². The van der Waals surface area contributed by atoms with Crippen LogP contribution >= 0.6 is 0 Å². The molecule has 1 saturated heterocycles. The van der Waals surface area contributed by atoms with Crippen LogP contribution in [0.3, 0.4) is 0 Å². The predicted molar refractivity (Wildman–Crippen MR) is 84.5 cm³/mol. The van der Waals surface area contributed by atoms with Gasteiger partial charge in [0, 0.05) is 31.2 Å². The molecule has 0 bridgehead atoms. The summed E-state index contributed by atoms with van der Waals surface area (Å²) in [6.07, 6.45) is 8.27. The van der Waals surface area contributed by atoms with Gasteiger partial charge >= 0.3 is 0 Å². The molecule has 1 atom stereocenters. The molecule has 116 valence electrons. The van der Waals surface area contributed by atoms with E-state index in [1.165, 1.54) is 0 Å². The number of piperidine rings is 1. The van der Waals surface area contributed by atoms with Crippen molar-refractivity contribution in [3.05, 3.63) is 47.5 Å². The number of aromatic nitrogens is 3. The number of carbonyl (C=O) groups is 1. The fourth-order valence-corrected chi connectivity index (χ4v) is 2.92. The predicted octanol–water partition coefficient (Wildman–Crippen LogP) is 2.30. The smallest absolute Gasteiger partial charge is 0.227 e. The van der Waals surface area contributed by atoms with Crippen molar-refractivity contribution in [3.8, 4) is 0 Å². The lowest BCUT2D eigenvalue weighted by Crippen LogP contribution is -2.41. The van der Waals surface area contributed by atoms with Crippen LogP contribution in [-0.2, 0) is 11.2 Å². The van der Waals surface area contributed by atoms with Gasteiger partial charge in [-0.15, -0.1) is 0 Å². The lowest BCUT2D eigenvalue weighted by atomic mass is 10.0. The second-order valence-corrected chi connectivity index (χ2v) is 6.12. The van der Waals surface area contributed by atoms with Crippen molar-refractivity contribution >= 4 is 5.91 Å². The van der Waals surface area contributed by atoms with Gasteiger partial charge in [-0.2, -0.15) is 5.10 Å². The molecular formula is C17H22N4O. The zero-order chi connectivity index (χ0) is 15.5. The van der Waals surface area contributed by atoms with Crippen molar-refractivity contribution in [1.29, 1.82) is 0 Å². The Kier molecular flexibility index (Phi) is 4.22. The van der Waals surface area contributed by atoms with E-state index in [0.717, 1.165) is 42.8 Å².